The van der Waals surface area contributed by atoms with Crippen molar-refractivity contribution in [2.45, 2.75) is 31.7 Å². The van der Waals surface area contributed by atoms with Crippen molar-refractivity contribution in [1.29, 1.82) is 0 Å². The molecule has 0 aromatic rings. The van der Waals surface area contributed by atoms with Crippen molar-refractivity contribution in [3.05, 3.63) is 0 Å². The third-order valence-electron chi connectivity index (χ3n) is 2.82. The van der Waals surface area contributed by atoms with Crippen LogP contribution < -0.4 is 5.32 Å². The fraction of sp³-hybridized carbons (Fsp3) is 0.875. The number of hydrogen-bond donors (Lipinski definition) is 1. The Bertz CT molecular complexity index is 174. The predicted octanol–water partition coefficient (Wildman–Crippen LogP) is 0.718. The molecule has 1 aliphatic carbocycles. The van der Waals surface area contributed by atoms with Gasteiger partial charge in [0.2, 0.25) is 0 Å². The molecule has 1 heterocycles. The van der Waals surface area contributed by atoms with Crippen LogP contribution >= 0.6 is 0 Å². The Kier molecular flexibility index (Phi) is 1.15. The summed E-state index contributed by atoms with van der Waals surface area (Å²) in [5.41, 5.74) is -0.125. The van der Waals surface area contributed by atoms with Gasteiger partial charge in [0.1, 0.15) is 0 Å². The maximum atomic E-state index is 11.3. The molecule has 0 aromatic carbocycles. The van der Waals surface area contributed by atoms with Crippen LogP contribution in [-0.2, 0) is 4.79 Å². The molecule has 1 atom stereocenters. The highest BCUT2D eigenvalue weighted by Crippen LogP contribution is 2.41. The van der Waals surface area contributed by atoms with E-state index in [2.05, 4.69) is 12.2 Å². The second-order valence-corrected chi connectivity index (χ2v) is 3.58. The maximum absolute atomic E-state index is 11.3. The monoisotopic (exact) mass is 139 g/mol. The molecule has 0 aromatic heterocycles. The average molecular weight is 139 g/mol. The number of ketones is 1. The first kappa shape index (κ1) is 6.35. The lowest BCUT2D eigenvalue weighted by atomic mass is 9.93. The zero-order valence-electron chi connectivity index (χ0n) is 6.31. The van der Waals surface area contributed by atoms with E-state index in [0.717, 1.165) is 13.0 Å². The molecule has 0 amide bonds. The molecule has 2 nitrogen and oxygen atoms in total. The van der Waals surface area contributed by atoms with Crippen molar-refractivity contribution >= 4 is 5.78 Å². The number of carbonyl (C=O) groups is 1. The first-order chi connectivity index (χ1) is 4.73. The van der Waals surface area contributed by atoms with Crippen molar-refractivity contribution in [3.63, 3.8) is 0 Å². The highest BCUT2D eigenvalue weighted by atomic mass is 16.1. The van der Waals surface area contributed by atoms with E-state index in [0.29, 0.717) is 11.7 Å². The van der Waals surface area contributed by atoms with Crippen LogP contribution in [-0.4, -0.2) is 17.9 Å². The van der Waals surface area contributed by atoms with Gasteiger partial charge in [-0.3, -0.25) is 4.79 Å². The van der Waals surface area contributed by atoms with Crippen LogP contribution in [0.3, 0.4) is 0 Å². The molecule has 2 heteroatoms. The summed E-state index contributed by atoms with van der Waals surface area (Å²) in [5, 5.41) is 3.30. The number of nitrogens with one attached hydrogen (secondary N) is 1. The molecule has 0 radical (unpaired) electrons. The van der Waals surface area contributed by atoms with Gasteiger partial charge in [-0.15, -0.1) is 0 Å². The molecule has 1 aliphatic heterocycles. The molecule has 1 saturated heterocycles. The number of Topliss-reactive ketones (excluding diaryl/α,β-unsaturated/α-hetero) is 1. The summed E-state index contributed by atoms with van der Waals surface area (Å²) in [5.74, 6) is 1.08. The smallest absolute Gasteiger partial charge is 0.154 e. The Labute approximate surface area is 61.0 Å². The van der Waals surface area contributed by atoms with E-state index in [4.69, 9.17) is 0 Å². The van der Waals surface area contributed by atoms with Crippen LogP contribution in [0.2, 0.25) is 0 Å². The molecule has 2 aliphatic rings. The van der Waals surface area contributed by atoms with Crippen LogP contribution in [0.25, 0.3) is 0 Å². The summed E-state index contributed by atoms with van der Waals surface area (Å²) in [4.78, 5) is 11.3. The van der Waals surface area contributed by atoms with Gasteiger partial charge in [0.05, 0.1) is 5.54 Å². The van der Waals surface area contributed by atoms with Crippen molar-refractivity contribution in [2.75, 3.05) is 6.54 Å². The SMILES string of the molecule is CC1(C2CC2)NCCC1=O. The van der Waals surface area contributed by atoms with E-state index >= 15 is 0 Å². The lowest BCUT2D eigenvalue weighted by Gasteiger charge is -2.21. The first-order valence-electron chi connectivity index (χ1n) is 4.02. The lowest BCUT2D eigenvalue weighted by molar-refractivity contribution is -0.122. The summed E-state index contributed by atoms with van der Waals surface area (Å²) in [7, 11) is 0. The first-order valence-corrected chi connectivity index (χ1v) is 4.02. The summed E-state index contributed by atoms with van der Waals surface area (Å²) >= 11 is 0. The topological polar surface area (TPSA) is 29.1 Å². The van der Waals surface area contributed by atoms with Gasteiger partial charge in [-0.2, -0.15) is 0 Å². The number of hydrogen-bond acceptors (Lipinski definition) is 2. The van der Waals surface area contributed by atoms with E-state index in [9.17, 15) is 4.79 Å². The Hall–Kier alpha value is -0.370. The van der Waals surface area contributed by atoms with Gasteiger partial charge in [-0.25, -0.2) is 0 Å². The molecule has 10 heavy (non-hydrogen) atoms. The minimum absolute atomic E-state index is 0.125. The number of rotatable bonds is 1. The lowest BCUT2D eigenvalue weighted by Crippen LogP contribution is -2.44. The third-order valence-corrected chi connectivity index (χ3v) is 2.82. The summed E-state index contributed by atoms with van der Waals surface area (Å²) in [6.45, 7) is 2.95. The Morgan fingerprint density at radius 1 is 1.60 bits per heavy atom. The minimum atomic E-state index is -0.125. The zero-order chi connectivity index (χ0) is 7.19. The van der Waals surface area contributed by atoms with Crippen molar-refractivity contribution < 1.29 is 4.79 Å². The summed E-state index contributed by atoms with van der Waals surface area (Å²) < 4.78 is 0. The fourth-order valence-electron chi connectivity index (χ4n) is 1.83. The molecule has 1 saturated carbocycles. The molecule has 1 unspecified atom stereocenters. The van der Waals surface area contributed by atoms with Gasteiger partial charge < -0.3 is 5.32 Å². The Balaban J connectivity index is 2.18. The quantitative estimate of drug-likeness (QED) is 0.580. The van der Waals surface area contributed by atoms with E-state index in [-0.39, 0.29) is 5.54 Å². The largest absolute Gasteiger partial charge is 0.304 e. The molecule has 56 valence electrons. The Morgan fingerprint density at radius 2 is 2.30 bits per heavy atom. The molecule has 0 spiro atoms. The minimum Gasteiger partial charge on any atom is -0.304 e. The third kappa shape index (κ3) is 0.717. The van der Waals surface area contributed by atoms with Crippen LogP contribution in [0.4, 0.5) is 0 Å². The summed E-state index contributed by atoms with van der Waals surface area (Å²) in [6, 6.07) is 0. The van der Waals surface area contributed by atoms with E-state index in [1.807, 2.05) is 0 Å². The van der Waals surface area contributed by atoms with Gasteiger partial charge >= 0.3 is 0 Å². The Morgan fingerprint density at radius 3 is 2.70 bits per heavy atom. The second-order valence-electron chi connectivity index (χ2n) is 3.58. The standard InChI is InChI=1S/C8H13NO/c1-8(6-2-3-6)7(10)4-5-9-8/h6,9H,2-5H2,1H3. The van der Waals surface area contributed by atoms with Gasteiger partial charge in [0, 0.05) is 13.0 Å². The normalized spacial score (nSPS) is 40.7. The van der Waals surface area contributed by atoms with E-state index in [1.165, 1.54) is 12.8 Å². The van der Waals surface area contributed by atoms with E-state index in [1.54, 1.807) is 0 Å². The van der Waals surface area contributed by atoms with Crippen LogP contribution in [0.5, 0.6) is 0 Å². The van der Waals surface area contributed by atoms with Gasteiger partial charge in [0.25, 0.3) is 0 Å². The van der Waals surface area contributed by atoms with Crippen molar-refractivity contribution in [3.8, 4) is 0 Å². The molecule has 0 bridgehead atoms. The van der Waals surface area contributed by atoms with Crippen molar-refractivity contribution in [2.24, 2.45) is 5.92 Å². The molecular formula is C8H13NO. The highest BCUT2D eigenvalue weighted by Gasteiger charge is 2.48. The zero-order valence-corrected chi connectivity index (χ0v) is 6.31. The number of carbonyl (C=O) groups excluding carboxylic acids is 1. The van der Waals surface area contributed by atoms with E-state index < -0.39 is 0 Å². The fourth-order valence-corrected chi connectivity index (χ4v) is 1.83. The second kappa shape index (κ2) is 1.82. The van der Waals surface area contributed by atoms with Crippen LogP contribution in [0, 0.1) is 5.92 Å². The van der Waals surface area contributed by atoms with Crippen molar-refractivity contribution in [1.82, 2.24) is 5.32 Å². The maximum Gasteiger partial charge on any atom is 0.154 e. The van der Waals surface area contributed by atoms with Gasteiger partial charge in [0.15, 0.2) is 5.78 Å². The summed E-state index contributed by atoms with van der Waals surface area (Å²) in [6.07, 6.45) is 3.23. The molecule has 2 fully saturated rings. The molecule has 1 N–H and O–H groups in total. The molecule has 2 rings (SSSR count). The highest BCUT2D eigenvalue weighted by molar-refractivity contribution is 5.90. The van der Waals surface area contributed by atoms with Gasteiger partial charge in [-0.1, -0.05) is 0 Å². The predicted molar refractivity (Wildman–Crippen MR) is 38.8 cm³/mol. The van der Waals surface area contributed by atoms with Gasteiger partial charge in [-0.05, 0) is 25.7 Å². The van der Waals surface area contributed by atoms with Crippen LogP contribution in [0.15, 0.2) is 0 Å². The average Bonchev–Trinajstić information content (AvgIpc) is 2.65. The van der Waals surface area contributed by atoms with Crippen LogP contribution in [0.1, 0.15) is 26.2 Å². The molecular weight excluding hydrogens is 126 g/mol.